The smallest absolute Gasteiger partial charge is 0.229 e. The van der Waals surface area contributed by atoms with Gasteiger partial charge in [0.05, 0.1) is 16.8 Å². The van der Waals surface area contributed by atoms with Crippen molar-refractivity contribution in [2.45, 2.75) is 29.2 Å². The van der Waals surface area contributed by atoms with E-state index in [0.29, 0.717) is 18.1 Å². The minimum absolute atomic E-state index is 0.0395. The molecule has 0 saturated heterocycles. The molecule has 0 aliphatic heterocycles. The molecule has 8 heteroatoms. The second kappa shape index (κ2) is 10.9. The van der Waals surface area contributed by atoms with Gasteiger partial charge in [0.2, 0.25) is 5.91 Å². The number of amides is 1. The first kappa shape index (κ1) is 22.8. The number of hydrogen-bond acceptors (Lipinski definition) is 6. The summed E-state index contributed by atoms with van der Waals surface area (Å²) in [6, 6.07) is 16.5. The van der Waals surface area contributed by atoms with Crippen molar-refractivity contribution in [3.63, 3.8) is 0 Å². The molecule has 0 radical (unpaired) electrons. The number of carbonyl (C=O) groups excluding carboxylic acids is 1. The molecule has 2 aromatic carbocycles. The zero-order valence-electron chi connectivity index (χ0n) is 17.5. The van der Waals surface area contributed by atoms with Gasteiger partial charge in [-0.05, 0) is 72.5 Å². The Labute approximate surface area is 199 Å². The number of halogens is 1. The van der Waals surface area contributed by atoms with Gasteiger partial charge in [-0.3, -0.25) is 14.7 Å². The largest absolute Gasteiger partial charge is 0.284 e. The van der Waals surface area contributed by atoms with Crippen LogP contribution in [0.2, 0.25) is 0 Å². The van der Waals surface area contributed by atoms with E-state index in [1.54, 1.807) is 53.0 Å². The molecule has 2 heterocycles. The number of anilines is 1. The van der Waals surface area contributed by atoms with E-state index in [2.05, 4.69) is 17.1 Å². The van der Waals surface area contributed by atoms with Crippen LogP contribution >= 0.6 is 34.9 Å². The summed E-state index contributed by atoms with van der Waals surface area (Å²) in [5.41, 5.74) is 1.87. The predicted octanol–water partition coefficient (Wildman–Crippen LogP) is 6.66. The molecule has 0 bridgehead atoms. The minimum Gasteiger partial charge on any atom is -0.284 e. The fourth-order valence-corrected chi connectivity index (χ4v) is 5.54. The van der Waals surface area contributed by atoms with Crippen molar-refractivity contribution in [3.8, 4) is 0 Å². The highest BCUT2D eigenvalue weighted by atomic mass is 32.2. The molecule has 32 heavy (non-hydrogen) atoms. The number of thioether (sulfide) groups is 2. The average Bonchev–Trinajstić information content (AvgIpc) is 3.25. The van der Waals surface area contributed by atoms with E-state index in [-0.39, 0.29) is 11.7 Å². The number of fused-ring (bicyclic) bond motifs is 1. The van der Waals surface area contributed by atoms with Crippen molar-refractivity contribution < 1.29 is 9.18 Å². The van der Waals surface area contributed by atoms with Crippen LogP contribution in [0.1, 0.15) is 18.4 Å². The molecule has 4 rings (SSSR count). The monoisotopic (exact) mass is 483 g/mol. The number of pyridine rings is 1. The van der Waals surface area contributed by atoms with Crippen LogP contribution in [0.25, 0.3) is 10.2 Å². The van der Waals surface area contributed by atoms with E-state index in [1.807, 2.05) is 24.5 Å². The summed E-state index contributed by atoms with van der Waals surface area (Å²) in [6.07, 6.45) is 6.70. The number of rotatable bonds is 9. The van der Waals surface area contributed by atoms with Crippen LogP contribution in [-0.4, -0.2) is 27.9 Å². The number of hydrogen-bond donors (Lipinski definition) is 0. The Morgan fingerprint density at radius 2 is 1.94 bits per heavy atom. The van der Waals surface area contributed by atoms with Crippen LogP contribution in [0.3, 0.4) is 0 Å². The SMILES string of the molecule is CSc1ccc2nc(N(Cc3cccnc3)C(=O)CCCSc3ccc(F)cc3)sc2c1. The molecule has 0 saturated carbocycles. The summed E-state index contributed by atoms with van der Waals surface area (Å²) in [5.74, 6) is 0.587. The number of aromatic nitrogens is 2. The van der Waals surface area contributed by atoms with Gasteiger partial charge in [-0.2, -0.15) is 0 Å². The highest BCUT2D eigenvalue weighted by Crippen LogP contribution is 2.33. The molecule has 0 spiro atoms. The number of benzene rings is 2. The lowest BCUT2D eigenvalue weighted by Crippen LogP contribution is -2.30. The Balaban J connectivity index is 1.47. The molecule has 4 aromatic rings. The lowest BCUT2D eigenvalue weighted by atomic mass is 10.2. The molecule has 1 amide bonds. The van der Waals surface area contributed by atoms with Gasteiger partial charge in [-0.1, -0.05) is 17.4 Å². The van der Waals surface area contributed by atoms with E-state index in [9.17, 15) is 9.18 Å². The summed E-state index contributed by atoms with van der Waals surface area (Å²) in [4.78, 5) is 26.1. The molecule has 0 aliphatic rings. The van der Waals surface area contributed by atoms with E-state index in [1.165, 1.54) is 28.4 Å². The fraction of sp³-hybridized carbons (Fsp3) is 0.208. The summed E-state index contributed by atoms with van der Waals surface area (Å²) in [6.45, 7) is 0.437. The predicted molar refractivity (Wildman–Crippen MR) is 133 cm³/mol. The number of thiazole rings is 1. The third-order valence-corrected chi connectivity index (χ3v) is 7.66. The third kappa shape index (κ3) is 5.88. The maximum absolute atomic E-state index is 13.2. The van der Waals surface area contributed by atoms with Crippen molar-refractivity contribution in [2.24, 2.45) is 0 Å². The van der Waals surface area contributed by atoms with Gasteiger partial charge >= 0.3 is 0 Å². The normalized spacial score (nSPS) is 11.1. The van der Waals surface area contributed by atoms with Gasteiger partial charge in [-0.25, -0.2) is 9.37 Å². The van der Waals surface area contributed by atoms with Gasteiger partial charge in [0.15, 0.2) is 5.13 Å². The first-order chi connectivity index (χ1) is 15.6. The van der Waals surface area contributed by atoms with Crippen LogP contribution in [0.5, 0.6) is 0 Å². The summed E-state index contributed by atoms with van der Waals surface area (Å²) >= 11 is 4.86. The Kier molecular flexibility index (Phi) is 7.78. The fourth-order valence-electron chi connectivity index (χ4n) is 3.15. The molecular formula is C24H22FN3OS3. The zero-order valence-corrected chi connectivity index (χ0v) is 20.0. The first-order valence-electron chi connectivity index (χ1n) is 10.1. The molecule has 4 nitrogen and oxygen atoms in total. The molecular weight excluding hydrogens is 461 g/mol. The van der Waals surface area contributed by atoms with Crippen molar-refractivity contribution in [2.75, 3.05) is 16.9 Å². The van der Waals surface area contributed by atoms with Crippen LogP contribution in [0.15, 0.2) is 76.8 Å². The lowest BCUT2D eigenvalue weighted by Gasteiger charge is -2.20. The minimum atomic E-state index is -0.240. The second-order valence-corrected chi connectivity index (χ2v) is 10.1. The van der Waals surface area contributed by atoms with E-state index in [4.69, 9.17) is 4.98 Å². The Morgan fingerprint density at radius 3 is 2.69 bits per heavy atom. The first-order valence-corrected chi connectivity index (χ1v) is 13.2. The number of carbonyl (C=O) groups is 1. The Morgan fingerprint density at radius 1 is 1.12 bits per heavy atom. The summed E-state index contributed by atoms with van der Waals surface area (Å²) in [7, 11) is 0. The molecule has 164 valence electrons. The molecule has 0 unspecified atom stereocenters. The van der Waals surface area contributed by atoms with Gasteiger partial charge in [-0.15, -0.1) is 23.5 Å². The highest BCUT2D eigenvalue weighted by Gasteiger charge is 2.20. The summed E-state index contributed by atoms with van der Waals surface area (Å²) in [5, 5.41) is 0.707. The van der Waals surface area contributed by atoms with Crippen molar-refractivity contribution in [3.05, 3.63) is 78.4 Å². The zero-order chi connectivity index (χ0) is 22.3. The molecule has 0 aliphatic carbocycles. The molecule has 2 aromatic heterocycles. The van der Waals surface area contributed by atoms with Crippen molar-refractivity contribution >= 4 is 56.1 Å². The maximum Gasteiger partial charge on any atom is 0.229 e. The molecule has 0 N–H and O–H groups in total. The molecule has 0 fully saturated rings. The van der Waals surface area contributed by atoms with Crippen LogP contribution in [0, 0.1) is 5.82 Å². The quantitative estimate of drug-likeness (QED) is 0.197. The van der Waals surface area contributed by atoms with E-state index in [0.717, 1.165) is 32.8 Å². The van der Waals surface area contributed by atoms with E-state index >= 15 is 0 Å². The second-order valence-electron chi connectivity index (χ2n) is 7.08. The topological polar surface area (TPSA) is 46.1 Å². The van der Waals surface area contributed by atoms with Crippen molar-refractivity contribution in [1.29, 1.82) is 0 Å². The maximum atomic E-state index is 13.2. The van der Waals surface area contributed by atoms with E-state index < -0.39 is 0 Å². The Hall–Kier alpha value is -2.42. The van der Waals surface area contributed by atoms with Gasteiger partial charge < -0.3 is 0 Å². The van der Waals surface area contributed by atoms with Gasteiger partial charge in [0.25, 0.3) is 0 Å². The standard InChI is InChI=1S/C24H22FN3OS3/c1-30-20-10-11-21-22(14-20)32-24(27-21)28(16-17-4-2-12-26-15-17)23(29)5-3-13-31-19-8-6-18(25)7-9-19/h2,4,6-12,14-15H,3,5,13,16H2,1H3. The van der Waals surface area contributed by atoms with Crippen LogP contribution in [0.4, 0.5) is 9.52 Å². The lowest BCUT2D eigenvalue weighted by molar-refractivity contribution is -0.118. The van der Waals surface area contributed by atoms with Crippen LogP contribution in [-0.2, 0) is 11.3 Å². The average molecular weight is 484 g/mol. The molecule has 0 atom stereocenters. The number of nitrogens with zero attached hydrogens (tertiary/aromatic N) is 3. The van der Waals surface area contributed by atoms with Gasteiger partial charge in [0.1, 0.15) is 5.82 Å². The highest BCUT2D eigenvalue weighted by molar-refractivity contribution is 7.99. The van der Waals surface area contributed by atoms with Crippen LogP contribution < -0.4 is 4.90 Å². The Bertz CT molecular complexity index is 1180. The third-order valence-electron chi connectivity index (χ3n) is 4.80. The summed E-state index contributed by atoms with van der Waals surface area (Å²) < 4.78 is 14.1. The van der Waals surface area contributed by atoms with Crippen molar-refractivity contribution in [1.82, 2.24) is 9.97 Å². The van der Waals surface area contributed by atoms with Gasteiger partial charge in [0, 0.05) is 28.6 Å².